The zero-order valence-corrected chi connectivity index (χ0v) is 11.9. The van der Waals surface area contributed by atoms with Crippen LogP contribution in [0.3, 0.4) is 0 Å². The first-order valence-corrected chi connectivity index (χ1v) is 6.43. The summed E-state index contributed by atoms with van der Waals surface area (Å²) in [4.78, 5) is 25.1. The summed E-state index contributed by atoms with van der Waals surface area (Å²) in [5.41, 5.74) is 0.286. The maximum atomic E-state index is 12.6. The van der Waals surface area contributed by atoms with Gasteiger partial charge in [-0.1, -0.05) is 6.07 Å². The molecule has 1 aliphatic rings. The van der Waals surface area contributed by atoms with Crippen LogP contribution in [0, 0.1) is 0 Å². The fourth-order valence-electron chi connectivity index (χ4n) is 2.20. The molecule has 1 heterocycles. The molecule has 1 fully saturated rings. The molecule has 1 aromatic rings. The van der Waals surface area contributed by atoms with E-state index in [9.17, 15) is 9.59 Å². The van der Waals surface area contributed by atoms with E-state index in [4.69, 9.17) is 19.3 Å². The topological polar surface area (TPSA) is 85.3 Å². The number of carboxylic acid groups (broad SMARTS) is 1. The highest BCUT2D eigenvalue weighted by Gasteiger charge is 2.31. The molecule has 1 aromatic carbocycles. The molecule has 1 atom stereocenters. The van der Waals surface area contributed by atoms with Crippen molar-refractivity contribution < 1.29 is 28.9 Å². The first-order valence-electron chi connectivity index (χ1n) is 6.43. The molecule has 2 rings (SSSR count). The number of amides is 1. The number of carbonyl (C=O) groups is 2. The van der Waals surface area contributed by atoms with Gasteiger partial charge in [0, 0.05) is 6.54 Å². The predicted octanol–water partition coefficient (Wildman–Crippen LogP) is 0.629. The van der Waals surface area contributed by atoms with E-state index in [1.807, 2.05) is 0 Å². The van der Waals surface area contributed by atoms with Crippen molar-refractivity contribution in [2.45, 2.75) is 6.10 Å². The van der Waals surface area contributed by atoms with E-state index in [1.54, 1.807) is 18.2 Å². The Morgan fingerprint density at radius 1 is 1.29 bits per heavy atom. The number of hydrogen-bond donors (Lipinski definition) is 1. The highest BCUT2D eigenvalue weighted by molar-refractivity contribution is 6.00. The fourth-order valence-corrected chi connectivity index (χ4v) is 2.20. The van der Waals surface area contributed by atoms with E-state index in [0.717, 1.165) is 0 Å². The molecule has 0 radical (unpaired) electrons. The molecule has 1 aliphatic heterocycles. The maximum absolute atomic E-state index is 12.6. The zero-order chi connectivity index (χ0) is 15.4. The number of hydrogen-bond acceptors (Lipinski definition) is 5. The molecule has 1 amide bonds. The van der Waals surface area contributed by atoms with Gasteiger partial charge in [-0.2, -0.15) is 0 Å². The van der Waals surface area contributed by atoms with E-state index in [1.165, 1.54) is 19.1 Å². The van der Waals surface area contributed by atoms with E-state index >= 15 is 0 Å². The zero-order valence-electron chi connectivity index (χ0n) is 11.9. The van der Waals surface area contributed by atoms with Gasteiger partial charge in [-0.3, -0.25) is 4.79 Å². The predicted molar refractivity (Wildman–Crippen MR) is 72.8 cm³/mol. The molecule has 0 spiro atoms. The van der Waals surface area contributed by atoms with Crippen molar-refractivity contribution in [2.75, 3.05) is 33.9 Å². The Morgan fingerprint density at radius 2 is 1.90 bits per heavy atom. The summed E-state index contributed by atoms with van der Waals surface area (Å²) < 4.78 is 15.5. The van der Waals surface area contributed by atoms with Crippen molar-refractivity contribution in [3.8, 4) is 11.5 Å². The molecule has 21 heavy (non-hydrogen) atoms. The van der Waals surface area contributed by atoms with Gasteiger partial charge >= 0.3 is 5.97 Å². The van der Waals surface area contributed by atoms with Crippen LogP contribution in [0.2, 0.25) is 0 Å². The van der Waals surface area contributed by atoms with Gasteiger partial charge in [-0.25, -0.2) is 4.79 Å². The summed E-state index contributed by atoms with van der Waals surface area (Å²) in [6.45, 7) is 0.499. The lowest BCUT2D eigenvalue weighted by molar-refractivity contribution is -0.154. The van der Waals surface area contributed by atoms with Gasteiger partial charge in [0.2, 0.25) is 0 Å². The number of methoxy groups -OCH3 is 2. The summed E-state index contributed by atoms with van der Waals surface area (Å²) in [5, 5.41) is 9.00. The summed E-state index contributed by atoms with van der Waals surface area (Å²) in [6.07, 6.45) is -1.01. The molecule has 7 heteroatoms. The molecule has 1 saturated heterocycles. The van der Waals surface area contributed by atoms with E-state index in [-0.39, 0.29) is 24.6 Å². The number of benzene rings is 1. The Kier molecular flexibility index (Phi) is 4.64. The molecule has 0 bridgehead atoms. The van der Waals surface area contributed by atoms with Gasteiger partial charge in [0.15, 0.2) is 6.10 Å². The molecule has 114 valence electrons. The van der Waals surface area contributed by atoms with E-state index in [0.29, 0.717) is 18.0 Å². The second-order valence-corrected chi connectivity index (χ2v) is 4.49. The third-order valence-corrected chi connectivity index (χ3v) is 3.27. The minimum Gasteiger partial charge on any atom is -0.496 e. The standard InChI is InChI=1S/C14H17NO6/c1-19-9-4-3-5-10(20-2)12(9)13(16)15-6-7-21-11(8-15)14(17)18/h3-5,11H,6-8H2,1-2H3,(H,17,18)/t11-/m0/s1. The Balaban J connectivity index is 2.29. The quantitative estimate of drug-likeness (QED) is 0.877. The second kappa shape index (κ2) is 6.45. The van der Waals surface area contributed by atoms with Crippen molar-refractivity contribution in [3.63, 3.8) is 0 Å². The van der Waals surface area contributed by atoms with Gasteiger partial charge in [0.1, 0.15) is 17.1 Å². The Bertz CT molecular complexity index is 522. The highest BCUT2D eigenvalue weighted by Crippen LogP contribution is 2.30. The van der Waals surface area contributed by atoms with Crippen LogP contribution < -0.4 is 9.47 Å². The molecule has 0 saturated carbocycles. The molecule has 0 aromatic heterocycles. The second-order valence-electron chi connectivity index (χ2n) is 4.49. The number of carbonyl (C=O) groups excluding carboxylic acids is 1. The van der Waals surface area contributed by atoms with Crippen molar-refractivity contribution in [1.29, 1.82) is 0 Å². The average molecular weight is 295 g/mol. The average Bonchev–Trinajstić information content (AvgIpc) is 2.53. The Morgan fingerprint density at radius 3 is 2.43 bits per heavy atom. The summed E-state index contributed by atoms with van der Waals surface area (Å²) in [7, 11) is 2.93. The van der Waals surface area contributed by atoms with Gasteiger partial charge in [0.25, 0.3) is 5.91 Å². The van der Waals surface area contributed by atoms with Crippen molar-refractivity contribution in [3.05, 3.63) is 23.8 Å². The number of nitrogens with zero attached hydrogens (tertiary/aromatic N) is 1. The SMILES string of the molecule is COc1cccc(OC)c1C(=O)N1CCO[C@H](C(=O)O)C1. The van der Waals surface area contributed by atoms with Crippen molar-refractivity contribution in [1.82, 2.24) is 4.90 Å². The third-order valence-electron chi connectivity index (χ3n) is 3.27. The number of carboxylic acids is 1. The third kappa shape index (κ3) is 3.08. The normalized spacial score (nSPS) is 18.2. The Hall–Kier alpha value is -2.28. The van der Waals surface area contributed by atoms with Crippen LogP contribution >= 0.6 is 0 Å². The first-order chi connectivity index (χ1) is 10.1. The lowest BCUT2D eigenvalue weighted by Crippen LogP contribution is -2.48. The molecule has 1 N–H and O–H groups in total. The lowest BCUT2D eigenvalue weighted by Gasteiger charge is -2.31. The first kappa shape index (κ1) is 15.1. The molecular formula is C14H17NO6. The number of morpholine rings is 1. The van der Waals surface area contributed by atoms with Gasteiger partial charge in [-0.05, 0) is 12.1 Å². The number of rotatable bonds is 4. The van der Waals surface area contributed by atoms with Crippen LogP contribution in [0.15, 0.2) is 18.2 Å². The highest BCUT2D eigenvalue weighted by atomic mass is 16.5. The molecule has 0 aliphatic carbocycles. The van der Waals surface area contributed by atoms with Crippen LogP contribution in [0.4, 0.5) is 0 Å². The van der Waals surface area contributed by atoms with Crippen LogP contribution in [-0.4, -0.2) is 61.9 Å². The smallest absolute Gasteiger partial charge is 0.334 e. The van der Waals surface area contributed by atoms with Crippen LogP contribution in [0.25, 0.3) is 0 Å². The van der Waals surface area contributed by atoms with Crippen LogP contribution in [-0.2, 0) is 9.53 Å². The van der Waals surface area contributed by atoms with Gasteiger partial charge in [0.05, 0.1) is 27.4 Å². The summed E-state index contributed by atoms with van der Waals surface area (Å²) in [6, 6.07) is 5.03. The maximum Gasteiger partial charge on any atom is 0.334 e. The minimum atomic E-state index is -1.08. The molecule has 0 unspecified atom stereocenters. The van der Waals surface area contributed by atoms with Gasteiger partial charge < -0.3 is 24.2 Å². The van der Waals surface area contributed by atoms with Gasteiger partial charge in [-0.15, -0.1) is 0 Å². The Labute approximate surface area is 122 Å². The number of aliphatic carboxylic acids is 1. The monoisotopic (exact) mass is 295 g/mol. The summed E-state index contributed by atoms with van der Waals surface area (Å²) in [5.74, 6) is -0.645. The van der Waals surface area contributed by atoms with E-state index in [2.05, 4.69) is 0 Å². The van der Waals surface area contributed by atoms with Crippen LogP contribution in [0.1, 0.15) is 10.4 Å². The molecule has 7 nitrogen and oxygen atoms in total. The van der Waals surface area contributed by atoms with Crippen LogP contribution in [0.5, 0.6) is 11.5 Å². The van der Waals surface area contributed by atoms with Crippen molar-refractivity contribution >= 4 is 11.9 Å². The largest absolute Gasteiger partial charge is 0.496 e. The lowest BCUT2D eigenvalue weighted by atomic mass is 10.1. The fraction of sp³-hybridized carbons (Fsp3) is 0.429. The summed E-state index contributed by atoms with van der Waals surface area (Å²) >= 11 is 0. The van der Waals surface area contributed by atoms with E-state index < -0.39 is 12.1 Å². The van der Waals surface area contributed by atoms with Crippen molar-refractivity contribution in [2.24, 2.45) is 0 Å². The molecular weight excluding hydrogens is 278 g/mol. The number of ether oxygens (including phenoxy) is 3. The minimum absolute atomic E-state index is 0.00459.